The van der Waals surface area contributed by atoms with E-state index in [1.165, 1.54) is 6.92 Å². The number of anilines is 1. The third kappa shape index (κ3) is 2.03. The summed E-state index contributed by atoms with van der Waals surface area (Å²) in [5, 5.41) is 3.22. The Morgan fingerprint density at radius 2 is 1.95 bits per heavy atom. The van der Waals surface area contributed by atoms with Gasteiger partial charge >= 0.3 is 0 Å². The van der Waals surface area contributed by atoms with Crippen molar-refractivity contribution in [1.29, 1.82) is 0 Å². The van der Waals surface area contributed by atoms with Crippen molar-refractivity contribution < 1.29 is 4.79 Å². The van der Waals surface area contributed by atoms with E-state index in [-0.39, 0.29) is 16.9 Å². The lowest BCUT2D eigenvalue weighted by atomic mass is 9.94. The van der Waals surface area contributed by atoms with Crippen LogP contribution in [0.2, 0.25) is 0 Å². The van der Waals surface area contributed by atoms with Crippen molar-refractivity contribution in [2.45, 2.75) is 19.8 Å². The molecule has 1 aromatic heterocycles. The Morgan fingerprint density at radius 3 is 2.65 bits per heavy atom. The molecule has 4 nitrogen and oxygen atoms in total. The largest absolute Gasteiger partial charge is 0.384 e. The number of fused-ring (bicyclic) bond motifs is 1. The minimum atomic E-state index is -0.315. The van der Waals surface area contributed by atoms with Crippen LogP contribution in [-0.2, 0) is 6.42 Å². The lowest BCUT2D eigenvalue weighted by Gasteiger charge is -2.22. The number of aromatic nitrogens is 1. The normalized spacial score (nSPS) is 13.4. The van der Waals surface area contributed by atoms with Crippen LogP contribution in [0.25, 0.3) is 11.3 Å². The molecular weight excluding hydrogens is 252 g/mol. The van der Waals surface area contributed by atoms with Crippen LogP contribution in [0.3, 0.4) is 0 Å². The van der Waals surface area contributed by atoms with Gasteiger partial charge in [-0.1, -0.05) is 30.3 Å². The first-order valence-electron chi connectivity index (χ1n) is 6.78. The molecule has 0 fully saturated rings. The third-order valence-electron chi connectivity index (χ3n) is 3.64. The van der Waals surface area contributed by atoms with Crippen LogP contribution in [0.4, 0.5) is 5.69 Å². The molecule has 0 saturated heterocycles. The SMILES string of the molecule is CC(=O)c1c2c(c(-c3ccccc3)[nH]c1=O)CCCN2. The summed E-state index contributed by atoms with van der Waals surface area (Å²) >= 11 is 0. The third-order valence-corrected chi connectivity index (χ3v) is 3.64. The minimum absolute atomic E-state index is 0.198. The smallest absolute Gasteiger partial charge is 0.261 e. The van der Waals surface area contributed by atoms with E-state index in [4.69, 9.17) is 0 Å². The topological polar surface area (TPSA) is 62.0 Å². The number of carbonyl (C=O) groups excluding carboxylic acids is 1. The van der Waals surface area contributed by atoms with E-state index in [9.17, 15) is 9.59 Å². The van der Waals surface area contributed by atoms with Crippen LogP contribution < -0.4 is 10.9 Å². The molecule has 102 valence electrons. The predicted molar refractivity (Wildman–Crippen MR) is 79.3 cm³/mol. The van der Waals surface area contributed by atoms with Gasteiger partial charge in [-0.05, 0) is 25.3 Å². The van der Waals surface area contributed by atoms with Gasteiger partial charge in [-0.15, -0.1) is 0 Å². The molecule has 1 aliphatic rings. The Labute approximate surface area is 116 Å². The highest BCUT2D eigenvalue weighted by Gasteiger charge is 2.22. The zero-order valence-electron chi connectivity index (χ0n) is 11.3. The van der Waals surface area contributed by atoms with Gasteiger partial charge in [0.15, 0.2) is 5.78 Å². The van der Waals surface area contributed by atoms with Gasteiger partial charge in [0, 0.05) is 12.1 Å². The van der Waals surface area contributed by atoms with E-state index < -0.39 is 0 Å². The van der Waals surface area contributed by atoms with E-state index in [0.717, 1.165) is 36.2 Å². The van der Waals surface area contributed by atoms with E-state index in [1.807, 2.05) is 30.3 Å². The first-order chi connectivity index (χ1) is 9.68. The van der Waals surface area contributed by atoms with Crippen LogP contribution in [0.15, 0.2) is 35.1 Å². The van der Waals surface area contributed by atoms with Gasteiger partial charge in [0.25, 0.3) is 5.56 Å². The maximum Gasteiger partial charge on any atom is 0.261 e. The number of hydrogen-bond donors (Lipinski definition) is 2. The van der Waals surface area contributed by atoms with Crippen LogP contribution in [0.5, 0.6) is 0 Å². The Balaban J connectivity index is 2.30. The van der Waals surface area contributed by atoms with Crippen molar-refractivity contribution in [3.8, 4) is 11.3 Å². The summed E-state index contributed by atoms with van der Waals surface area (Å²) in [4.78, 5) is 26.8. The van der Waals surface area contributed by atoms with Gasteiger partial charge in [0.05, 0.1) is 11.4 Å². The van der Waals surface area contributed by atoms with Crippen LogP contribution in [-0.4, -0.2) is 17.3 Å². The highest BCUT2D eigenvalue weighted by molar-refractivity contribution is 6.01. The van der Waals surface area contributed by atoms with E-state index in [2.05, 4.69) is 10.3 Å². The van der Waals surface area contributed by atoms with Gasteiger partial charge in [0.2, 0.25) is 0 Å². The average Bonchev–Trinajstić information content (AvgIpc) is 2.47. The molecule has 20 heavy (non-hydrogen) atoms. The summed E-state index contributed by atoms with van der Waals surface area (Å²) in [5.74, 6) is -0.198. The van der Waals surface area contributed by atoms with E-state index in [1.54, 1.807) is 0 Å². The standard InChI is InChI=1S/C16H16N2O2/c1-10(19)13-15-12(8-5-9-17-15)14(18-16(13)20)11-6-3-2-4-7-11/h2-4,6-7,17H,5,8-9H2,1H3,(H,18,20). The molecule has 0 spiro atoms. The van der Waals surface area contributed by atoms with Gasteiger partial charge in [-0.25, -0.2) is 0 Å². The monoisotopic (exact) mass is 268 g/mol. The Hall–Kier alpha value is -2.36. The highest BCUT2D eigenvalue weighted by atomic mass is 16.1. The Kier molecular flexibility index (Phi) is 3.14. The zero-order chi connectivity index (χ0) is 14.1. The lowest BCUT2D eigenvalue weighted by molar-refractivity contribution is 0.101. The molecule has 1 aliphatic heterocycles. The van der Waals surface area contributed by atoms with Crippen molar-refractivity contribution >= 4 is 11.5 Å². The summed E-state index contributed by atoms with van der Waals surface area (Å²) in [7, 11) is 0. The van der Waals surface area contributed by atoms with Crippen molar-refractivity contribution in [3.05, 3.63) is 51.8 Å². The molecule has 2 aromatic rings. The molecule has 0 radical (unpaired) electrons. The lowest BCUT2D eigenvalue weighted by Crippen LogP contribution is -2.25. The predicted octanol–water partition coefficient (Wildman–Crippen LogP) is 2.60. The zero-order valence-corrected chi connectivity index (χ0v) is 11.3. The number of H-pyrrole nitrogens is 1. The summed E-state index contributed by atoms with van der Waals surface area (Å²) in [6.07, 6.45) is 1.86. The minimum Gasteiger partial charge on any atom is -0.384 e. The van der Waals surface area contributed by atoms with Gasteiger partial charge in [-0.3, -0.25) is 9.59 Å². The molecule has 2 N–H and O–H groups in total. The molecule has 0 atom stereocenters. The number of ketones is 1. The first kappa shape index (κ1) is 12.7. The molecule has 2 heterocycles. The molecule has 0 bridgehead atoms. The second kappa shape index (κ2) is 4.96. The number of Topliss-reactive ketones (excluding diaryl/α,β-unsaturated/α-hetero) is 1. The number of benzene rings is 1. The van der Waals surface area contributed by atoms with E-state index in [0.29, 0.717) is 5.69 Å². The fourth-order valence-electron chi connectivity index (χ4n) is 2.75. The molecule has 0 unspecified atom stereocenters. The Bertz CT molecular complexity index is 717. The fourth-order valence-corrected chi connectivity index (χ4v) is 2.75. The van der Waals surface area contributed by atoms with E-state index >= 15 is 0 Å². The van der Waals surface area contributed by atoms with Crippen molar-refractivity contribution in [3.63, 3.8) is 0 Å². The number of rotatable bonds is 2. The second-order valence-electron chi connectivity index (χ2n) is 5.01. The number of hydrogen-bond acceptors (Lipinski definition) is 3. The summed E-state index contributed by atoms with van der Waals surface area (Å²) < 4.78 is 0. The van der Waals surface area contributed by atoms with Crippen molar-refractivity contribution in [2.75, 3.05) is 11.9 Å². The van der Waals surface area contributed by atoms with Crippen molar-refractivity contribution in [1.82, 2.24) is 4.98 Å². The van der Waals surface area contributed by atoms with Gasteiger partial charge in [-0.2, -0.15) is 0 Å². The maximum absolute atomic E-state index is 12.2. The molecule has 1 aromatic carbocycles. The highest BCUT2D eigenvalue weighted by Crippen LogP contribution is 2.31. The van der Waals surface area contributed by atoms with Crippen molar-refractivity contribution in [2.24, 2.45) is 0 Å². The molecular formula is C16H16N2O2. The van der Waals surface area contributed by atoms with Crippen LogP contribution in [0, 0.1) is 0 Å². The van der Waals surface area contributed by atoms with Gasteiger partial charge in [0.1, 0.15) is 5.56 Å². The molecule has 4 heteroatoms. The quantitative estimate of drug-likeness (QED) is 0.823. The molecule has 0 amide bonds. The molecule has 0 aliphatic carbocycles. The summed E-state index contributed by atoms with van der Waals surface area (Å²) in [5.41, 5.74) is 3.48. The number of pyridine rings is 1. The fraction of sp³-hybridized carbons (Fsp3) is 0.250. The Morgan fingerprint density at radius 1 is 1.20 bits per heavy atom. The maximum atomic E-state index is 12.2. The van der Waals surface area contributed by atoms with Gasteiger partial charge < -0.3 is 10.3 Å². The average molecular weight is 268 g/mol. The van der Waals surface area contributed by atoms with Crippen LogP contribution in [0.1, 0.15) is 29.3 Å². The number of nitrogens with one attached hydrogen (secondary N) is 2. The van der Waals surface area contributed by atoms with Crippen LogP contribution >= 0.6 is 0 Å². The number of aromatic amines is 1. The number of carbonyl (C=O) groups is 1. The summed E-state index contributed by atoms with van der Waals surface area (Å²) in [6.45, 7) is 2.23. The first-order valence-corrected chi connectivity index (χ1v) is 6.78. The molecule has 0 saturated carbocycles. The second-order valence-corrected chi connectivity index (χ2v) is 5.01. The molecule has 3 rings (SSSR count). The summed E-state index contributed by atoms with van der Waals surface area (Å²) in [6, 6.07) is 9.75.